The van der Waals surface area contributed by atoms with Crippen molar-refractivity contribution < 1.29 is 4.42 Å². The van der Waals surface area contributed by atoms with Crippen LogP contribution in [0.2, 0.25) is 0 Å². The van der Waals surface area contributed by atoms with Crippen LogP contribution in [0.1, 0.15) is 70.4 Å². The zero-order valence-electron chi connectivity index (χ0n) is 13.3. The Kier molecular flexibility index (Phi) is 6.08. The maximum Gasteiger partial charge on any atom is 0.194 e. The molecule has 1 saturated carbocycles. The van der Waals surface area contributed by atoms with Crippen LogP contribution in [0, 0.1) is 11.8 Å². The van der Waals surface area contributed by atoms with Crippen molar-refractivity contribution in [3.05, 3.63) is 17.8 Å². The predicted octanol–water partition coefficient (Wildman–Crippen LogP) is 4.15. The summed E-state index contributed by atoms with van der Waals surface area (Å²) in [7, 11) is 0. The first kappa shape index (κ1) is 15.6. The van der Waals surface area contributed by atoms with Gasteiger partial charge in [-0.2, -0.15) is 0 Å². The largest absolute Gasteiger partial charge is 0.445 e. The second-order valence-electron chi connectivity index (χ2n) is 6.81. The van der Waals surface area contributed by atoms with Crippen molar-refractivity contribution in [3.63, 3.8) is 0 Å². The third-order valence-electron chi connectivity index (χ3n) is 4.29. The van der Waals surface area contributed by atoms with Gasteiger partial charge in [0.15, 0.2) is 5.89 Å². The molecule has 114 valence electrons. The lowest BCUT2D eigenvalue weighted by atomic mass is 9.82. The molecule has 0 bridgehead atoms. The van der Waals surface area contributed by atoms with E-state index in [1.165, 1.54) is 25.7 Å². The standard InChI is InChI=1S/C17H30N2O/c1-13(2)11-18-10-4-5-17-19-12-16(20-17)15-8-6-14(3)7-9-15/h12-15,18H,4-11H2,1-3H3. The highest BCUT2D eigenvalue weighted by atomic mass is 16.4. The average Bonchev–Trinajstić information content (AvgIpc) is 2.87. The Morgan fingerprint density at radius 2 is 2.05 bits per heavy atom. The SMILES string of the molecule is CC(C)CNCCCc1ncc(C2CCC(C)CC2)o1. The molecular weight excluding hydrogens is 248 g/mol. The van der Waals surface area contributed by atoms with E-state index >= 15 is 0 Å². The molecule has 2 rings (SSSR count). The van der Waals surface area contributed by atoms with Gasteiger partial charge in [-0.1, -0.05) is 33.6 Å². The number of aryl methyl sites for hydroxylation is 1. The molecule has 0 saturated heterocycles. The first-order chi connectivity index (χ1) is 9.65. The molecule has 3 nitrogen and oxygen atoms in total. The Bertz CT molecular complexity index is 378. The predicted molar refractivity (Wildman–Crippen MR) is 82.9 cm³/mol. The van der Waals surface area contributed by atoms with Crippen molar-refractivity contribution in [2.45, 2.75) is 65.2 Å². The number of nitrogens with one attached hydrogen (secondary N) is 1. The molecule has 1 aromatic rings. The number of hydrogen-bond donors (Lipinski definition) is 1. The van der Waals surface area contributed by atoms with E-state index in [0.717, 1.165) is 49.4 Å². The van der Waals surface area contributed by atoms with Crippen LogP contribution >= 0.6 is 0 Å². The summed E-state index contributed by atoms with van der Waals surface area (Å²) in [6.45, 7) is 8.97. The van der Waals surface area contributed by atoms with Gasteiger partial charge >= 0.3 is 0 Å². The topological polar surface area (TPSA) is 38.1 Å². The van der Waals surface area contributed by atoms with Crippen molar-refractivity contribution in [3.8, 4) is 0 Å². The molecule has 0 unspecified atom stereocenters. The van der Waals surface area contributed by atoms with Crippen molar-refractivity contribution in [2.24, 2.45) is 11.8 Å². The van der Waals surface area contributed by atoms with E-state index in [0.29, 0.717) is 5.92 Å². The first-order valence-corrected chi connectivity index (χ1v) is 8.30. The van der Waals surface area contributed by atoms with Gasteiger partial charge in [-0.25, -0.2) is 4.98 Å². The number of aromatic nitrogens is 1. The Morgan fingerprint density at radius 3 is 2.75 bits per heavy atom. The number of nitrogens with zero attached hydrogens (tertiary/aromatic N) is 1. The van der Waals surface area contributed by atoms with Crippen molar-refractivity contribution in [1.29, 1.82) is 0 Å². The van der Waals surface area contributed by atoms with Crippen molar-refractivity contribution >= 4 is 0 Å². The number of hydrogen-bond acceptors (Lipinski definition) is 3. The summed E-state index contributed by atoms with van der Waals surface area (Å²) in [5.74, 6) is 4.27. The Morgan fingerprint density at radius 1 is 1.30 bits per heavy atom. The normalized spacial score (nSPS) is 23.4. The molecule has 1 fully saturated rings. The minimum Gasteiger partial charge on any atom is -0.445 e. The molecule has 1 heterocycles. The maximum absolute atomic E-state index is 5.95. The second kappa shape index (κ2) is 7.82. The molecular formula is C17H30N2O. The Hall–Kier alpha value is -0.830. The summed E-state index contributed by atoms with van der Waals surface area (Å²) < 4.78 is 5.95. The summed E-state index contributed by atoms with van der Waals surface area (Å²) in [6.07, 6.45) is 9.23. The van der Waals surface area contributed by atoms with Crippen LogP contribution in [-0.4, -0.2) is 18.1 Å². The highest BCUT2D eigenvalue weighted by Gasteiger charge is 2.22. The summed E-state index contributed by atoms with van der Waals surface area (Å²) in [5.41, 5.74) is 0. The van der Waals surface area contributed by atoms with E-state index in [-0.39, 0.29) is 0 Å². The van der Waals surface area contributed by atoms with Gasteiger partial charge in [0.2, 0.25) is 0 Å². The molecule has 1 N–H and O–H groups in total. The van der Waals surface area contributed by atoms with Gasteiger partial charge in [-0.05, 0) is 44.2 Å². The van der Waals surface area contributed by atoms with Gasteiger partial charge in [-0.3, -0.25) is 0 Å². The van der Waals surface area contributed by atoms with Crippen LogP contribution in [0.25, 0.3) is 0 Å². The van der Waals surface area contributed by atoms with E-state index in [1.54, 1.807) is 0 Å². The smallest absolute Gasteiger partial charge is 0.194 e. The molecule has 20 heavy (non-hydrogen) atoms. The molecule has 0 aliphatic heterocycles. The summed E-state index contributed by atoms with van der Waals surface area (Å²) in [5, 5.41) is 3.46. The lowest BCUT2D eigenvalue weighted by molar-refractivity contribution is 0.308. The van der Waals surface area contributed by atoms with Crippen molar-refractivity contribution in [1.82, 2.24) is 10.3 Å². The van der Waals surface area contributed by atoms with Gasteiger partial charge < -0.3 is 9.73 Å². The van der Waals surface area contributed by atoms with Gasteiger partial charge in [0.05, 0.1) is 6.20 Å². The zero-order valence-corrected chi connectivity index (χ0v) is 13.3. The van der Waals surface area contributed by atoms with E-state index in [1.807, 2.05) is 6.20 Å². The Labute approximate surface area is 123 Å². The summed E-state index contributed by atoms with van der Waals surface area (Å²) in [6, 6.07) is 0. The quantitative estimate of drug-likeness (QED) is 0.762. The third kappa shape index (κ3) is 4.93. The highest BCUT2D eigenvalue weighted by molar-refractivity contribution is 5.03. The third-order valence-corrected chi connectivity index (χ3v) is 4.29. The van der Waals surface area contributed by atoms with E-state index < -0.39 is 0 Å². The van der Waals surface area contributed by atoms with Gasteiger partial charge in [0.1, 0.15) is 5.76 Å². The molecule has 0 amide bonds. The highest BCUT2D eigenvalue weighted by Crippen LogP contribution is 2.35. The zero-order chi connectivity index (χ0) is 14.4. The number of rotatable bonds is 7. The summed E-state index contributed by atoms with van der Waals surface area (Å²) in [4.78, 5) is 4.45. The average molecular weight is 278 g/mol. The monoisotopic (exact) mass is 278 g/mol. The molecule has 1 aliphatic carbocycles. The molecule has 1 aromatic heterocycles. The fourth-order valence-electron chi connectivity index (χ4n) is 2.93. The molecule has 1 aliphatic rings. The molecule has 0 spiro atoms. The molecule has 0 atom stereocenters. The number of oxazole rings is 1. The van der Waals surface area contributed by atoms with Crippen LogP contribution in [0.15, 0.2) is 10.6 Å². The fourth-order valence-corrected chi connectivity index (χ4v) is 2.93. The molecule has 0 aromatic carbocycles. The van der Waals surface area contributed by atoms with Gasteiger partial charge in [-0.15, -0.1) is 0 Å². The molecule has 3 heteroatoms. The summed E-state index contributed by atoms with van der Waals surface area (Å²) >= 11 is 0. The van der Waals surface area contributed by atoms with E-state index in [4.69, 9.17) is 4.42 Å². The maximum atomic E-state index is 5.95. The van der Waals surface area contributed by atoms with E-state index in [2.05, 4.69) is 31.1 Å². The second-order valence-corrected chi connectivity index (χ2v) is 6.81. The van der Waals surface area contributed by atoms with Crippen LogP contribution in [0.5, 0.6) is 0 Å². The van der Waals surface area contributed by atoms with Crippen LogP contribution in [0.3, 0.4) is 0 Å². The van der Waals surface area contributed by atoms with E-state index in [9.17, 15) is 0 Å². The fraction of sp³-hybridized carbons (Fsp3) is 0.824. The molecule has 0 radical (unpaired) electrons. The van der Waals surface area contributed by atoms with Gasteiger partial charge in [0, 0.05) is 12.3 Å². The Balaban J connectivity index is 1.69. The minimum atomic E-state index is 0.617. The van der Waals surface area contributed by atoms with Gasteiger partial charge in [0.25, 0.3) is 0 Å². The van der Waals surface area contributed by atoms with Crippen LogP contribution in [0.4, 0.5) is 0 Å². The van der Waals surface area contributed by atoms with Crippen molar-refractivity contribution in [2.75, 3.05) is 13.1 Å². The lowest BCUT2D eigenvalue weighted by Gasteiger charge is -2.24. The minimum absolute atomic E-state index is 0.617. The van der Waals surface area contributed by atoms with Crippen LogP contribution in [-0.2, 0) is 6.42 Å². The van der Waals surface area contributed by atoms with Crippen LogP contribution < -0.4 is 5.32 Å². The lowest BCUT2D eigenvalue weighted by Crippen LogP contribution is -2.21. The first-order valence-electron chi connectivity index (χ1n) is 8.30.